The maximum absolute atomic E-state index is 6.31. The van der Waals surface area contributed by atoms with Crippen LogP contribution in [-0.4, -0.2) is 50.1 Å². The average Bonchev–Trinajstić information content (AvgIpc) is 2.79. The zero-order chi connectivity index (χ0) is 14.7. The van der Waals surface area contributed by atoms with Gasteiger partial charge in [-0.05, 0) is 45.1 Å². The van der Waals surface area contributed by atoms with Crippen molar-refractivity contribution in [1.82, 2.24) is 9.80 Å². The fraction of sp³-hybridized carbons (Fsp3) is 0.600. The summed E-state index contributed by atoms with van der Waals surface area (Å²) in [6.45, 7) is 3.87. The van der Waals surface area contributed by atoms with E-state index >= 15 is 0 Å². The van der Waals surface area contributed by atoms with Crippen LogP contribution in [0.2, 0.25) is 10.0 Å². The van der Waals surface area contributed by atoms with E-state index in [0.29, 0.717) is 22.5 Å². The van der Waals surface area contributed by atoms with Gasteiger partial charge >= 0.3 is 0 Å². The molecule has 0 saturated carbocycles. The first kappa shape index (κ1) is 16.1. The lowest BCUT2D eigenvalue weighted by Crippen LogP contribution is -2.35. The minimum Gasteiger partial charge on any atom is -0.329 e. The molecule has 1 heterocycles. The second-order valence-electron chi connectivity index (χ2n) is 5.74. The maximum Gasteiger partial charge on any atom is 0.0497 e. The predicted octanol–water partition coefficient (Wildman–Crippen LogP) is 2.88. The lowest BCUT2D eigenvalue weighted by Gasteiger charge is -2.30. The molecule has 112 valence electrons. The third-order valence-corrected chi connectivity index (χ3v) is 4.78. The Morgan fingerprint density at radius 1 is 1.40 bits per heavy atom. The van der Waals surface area contributed by atoms with Crippen molar-refractivity contribution < 1.29 is 0 Å². The third kappa shape index (κ3) is 3.66. The van der Waals surface area contributed by atoms with Gasteiger partial charge in [0.05, 0.1) is 0 Å². The molecule has 1 fully saturated rings. The Morgan fingerprint density at radius 2 is 2.05 bits per heavy atom. The number of likely N-dealkylation sites (tertiary alicyclic amines) is 1. The first-order chi connectivity index (χ1) is 9.52. The van der Waals surface area contributed by atoms with Gasteiger partial charge in [-0.2, -0.15) is 0 Å². The molecule has 2 N–H and O–H groups in total. The highest BCUT2D eigenvalue weighted by molar-refractivity contribution is 6.36. The van der Waals surface area contributed by atoms with E-state index in [0.717, 1.165) is 18.7 Å². The minimum absolute atomic E-state index is 0.0714. The lowest BCUT2D eigenvalue weighted by atomic mass is 10.0. The van der Waals surface area contributed by atoms with Gasteiger partial charge in [-0.1, -0.05) is 29.3 Å². The van der Waals surface area contributed by atoms with Crippen LogP contribution in [-0.2, 0) is 0 Å². The summed E-state index contributed by atoms with van der Waals surface area (Å²) in [5.41, 5.74) is 6.93. The van der Waals surface area contributed by atoms with Crippen LogP contribution in [0.15, 0.2) is 18.2 Å². The Labute approximate surface area is 131 Å². The standard InChI is InChI=1S/C15H23Cl2N3/c1-19-7-6-11(9-19)10-20(2)14(8-18)15-12(16)4-3-5-13(15)17/h3-5,11,14H,6-10,18H2,1-2H3. The van der Waals surface area contributed by atoms with Crippen molar-refractivity contribution in [2.24, 2.45) is 11.7 Å². The van der Waals surface area contributed by atoms with Crippen molar-refractivity contribution in [3.63, 3.8) is 0 Å². The SMILES string of the molecule is CN1CCC(CN(C)C(CN)c2c(Cl)cccc2Cl)C1. The van der Waals surface area contributed by atoms with E-state index in [1.807, 2.05) is 18.2 Å². The topological polar surface area (TPSA) is 32.5 Å². The number of likely N-dealkylation sites (N-methyl/N-ethyl adjacent to an activating group) is 1. The normalized spacial score (nSPS) is 21.6. The molecule has 1 aromatic rings. The molecule has 0 aromatic heterocycles. The average molecular weight is 316 g/mol. The Morgan fingerprint density at radius 3 is 2.55 bits per heavy atom. The summed E-state index contributed by atoms with van der Waals surface area (Å²) in [5, 5.41) is 1.40. The van der Waals surface area contributed by atoms with E-state index in [2.05, 4.69) is 23.9 Å². The molecule has 1 aromatic carbocycles. The van der Waals surface area contributed by atoms with Gasteiger partial charge in [0.1, 0.15) is 0 Å². The maximum atomic E-state index is 6.31. The van der Waals surface area contributed by atoms with E-state index in [1.54, 1.807) is 0 Å². The molecule has 2 rings (SSSR count). The number of nitrogens with zero attached hydrogens (tertiary/aromatic N) is 2. The number of hydrogen-bond donors (Lipinski definition) is 1. The second-order valence-corrected chi connectivity index (χ2v) is 6.56. The Kier molecular flexibility index (Phi) is 5.70. The van der Waals surface area contributed by atoms with Gasteiger partial charge in [0.25, 0.3) is 0 Å². The zero-order valence-electron chi connectivity index (χ0n) is 12.1. The summed E-state index contributed by atoms with van der Waals surface area (Å²) in [5.74, 6) is 0.695. The largest absolute Gasteiger partial charge is 0.329 e. The molecule has 1 aliphatic rings. The van der Waals surface area contributed by atoms with E-state index in [9.17, 15) is 0 Å². The van der Waals surface area contributed by atoms with Gasteiger partial charge in [-0.15, -0.1) is 0 Å². The molecular formula is C15H23Cl2N3. The van der Waals surface area contributed by atoms with E-state index in [4.69, 9.17) is 28.9 Å². The number of benzene rings is 1. The predicted molar refractivity (Wildman–Crippen MR) is 86.5 cm³/mol. The van der Waals surface area contributed by atoms with Crippen molar-refractivity contribution >= 4 is 23.2 Å². The molecular weight excluding hydrogens is 293 g/mol. The molecule has 0 radical (unpaired) electrons. The Hall–Kier alpha value is -0.320. The van der Waals surface area contributed by atoms with Gasteiger partial charge in [-0.25, -0.2) is 0 Å². The fourth-order valence-corrected chi connectivity index (χ4v) is 3.71. The summed E-state index contributed by atoms with van der Waals surface area (Å²) in [6.07, 6.45) is 1.24. The first-order valence-corrected chi connectivity index (χ1v) is 7.81. The minimum atomic E-state index is 0.0714. The zero-order valence-corrected chi connectivity index (χ0v) is 13.7. The molecule has 1 saturated heterocycles. The Bertz CT molecular complexity index is 432. The van der Waals surface area contributed by atoms with E-state index in [1.165, 1.54) is 13.0 Å². The molecule has 0 bridgehead atoms. The summed E-state index contributed by atoms with van der Waals surface area (Å²) >= 11 is 12.6. The summed E-state index contributed by atoms with van der Waals surface area (Å²) in [4.78, 5) is 4.66. The first-order valence-electron chi connectivity index (χ1n) is 7.05. The summed E-state index contributed by atoms with van der Waals surface area (Å²) in [7, 11) is 4.28. The monoisotopic (exact) mass is 315 g/mol. The van der Waals surface area contributed by atoms with Crippen LogP contribution in [0.5, 0.6) is 0 Å². The van der Waals surface area contributed by atoms with Crippen molar-refractivity contribution in [2.45, 2.75) is 12.5 Å². The number of hydrogen-bond acceptors (Lipinski definition) is 3. The van der Waals surface area contributed by atoms with Crippen molar-refractivity contribution in [3.8, 4) is 0 Å². The highest BCUT2D eigenvalue weighted by atomic mass is 35.5. The molecule has 5 heteroatoms. The van der Waals surface area contributed by atoms with Crippen LogP contribution in [0.1, 0.15) is 18.0 Å². The number of halogens is 2. The van der Waals surface area contributed by atoms with Crippen LogP contribution in [0.25, 0.3) is 0 Å². The molecule has 20 heavy (non-hydrogen) atoms. The smallest absolute Gasteiger partial charge is 0.0497 e. The summed E-state index contributed by atoms with van der Waals surface area (Å²) < 4.78 is 0. The van der Waals surface area contributed by atoms with Crippen LogP contribution in [0, 0.1) is 5.92 Å². The fourth-order valence-electron chi connectivity index (χ4n) is 3.06. The lowest BCUT2D eigenvalue weighted by molar-refractivity contribution is 0.212. The van der Waals surface area contributed by atoms with Crippen LogP contribution < -0.4 is 5.73 Å². The quantitative estimate of drug-likeness (QED) is 0.907. The third-order valence-electron chi connectivity index (χ3n) is 4.12. The van der Waals surface area contributed by atoms with Crippen LogP contribution >= 0.6 is 23.2 Å². The van der Waals surface area contributed by atoms with E-state index in [-0.39, 0.29) is 6.04 Å². The van der Waals surface area contributed by atoms with Crippen LogP contribution in [0.3, 0.4) is 0 Å². The van der Waals surface area contributed by atoms with Gasteiger partial charge < -0.3 is 10.6 Å². The summed E-state index contributed by atoms with van der Waals surface area (Å²) in [6, 6.07) is 5.70. The van der Waals surface area contributed by atoms with Gasteiger partial charge in [0.15, 0.2) is 0 Å². The molecule has 2 atom stereocenters. The molecule has 2 unspecified atom stereocenters. The highest BCUT2D eigenvalue weighted by Crippen LogP contribution is 2.33. The van der Waals surface area contributed by atoms with Gasteiger partial charge in [0, 0.05) is 41.3 Å². The molecule has 0 aliphatic carbocycles. The van der Waals surface area contributed by atoms with Crippen LogP contribution in [0.4, 0.5) is 0 Å². The van der Waals surface area contributed by atoms with Crippen molar-refractivity contribution in [2.75, 3.05) is 40.3 Å². The van der Waals surface area contributed by atoms with Crippen molar-refractivity contribution in [1.29, 1.82) is 0 Å². The second kappa shape index (κ2) is 7.10. The van der Waals surface area contributed by atoms with Crippen molar-refractivity contribution in [3.05, 3.63) is 33.8 Å². The molecule has 0 spiro atoms. The Balaban J connectivity index is 2.11. The highest BCUT2D eigenvalue weighted by Gasteiger charge is 2.26. The van der Waals surface area contributed by atoms with Gasteiger partial charge in [-0.3, -0.25) is 4.90 Å². The van der Waals surface area contributed by atoms with Gasteiger partial charge in [0.2, 0.25) is 0 Å². The molecule has 1 aliphatic heterocycles. The number of rotatable bonds is 5. The molecule has 0 amide bonds. The number of nitrogens with two attached hydrogens (primary N) is 1. The van der Waals surface area contributed by atoms with E-state index < -0.39 is 0 Å². The molecule has 3 nitrogen and oxygen atoms in total.